The van der Waals surface area contributed by atoms with Crippen molar-refractivity contribution in [2.45, 2.75) is 32.2 Å². The third-order valence-corrected chi connectivity index (χ3v) is 4.23. The van der Waals surface area contributed by atoms with Crippen LogP contribution < -0.4 is 0 Å². The number of hydrogen-bond donors (Lipinski definition) is 1. The maximum absolute atomic E-state index is 4.09. The highest BCUT2D eigenvalue weighted by atomic mass is 15.1. The number of aromatic amines is 1. The molecule has 3 heteroatoms. The van der Waals surface area contributed by atoms with Crippen molar-refractivity contribution >= 4 is 0 Å². The molecule has 0 radical (unpaired) electrons. The van der Waals surface area contributed by atoms with Crippen LogP contribution in [0, 0.1) is 5.92 Å². The molecule has 106 valence electrons. The number of H-pyrrole nitrogens is 1. The van der Waals surface area contributed by atoms with E-state index in [-0.39, 0.29) is 0 Å². The summed E-state index contributed by atoms with van der Waals surface area (Å²) in [4.78, 5) is 9.90. The molecule has 2 heterocycles. The number of piperidine rings is 1. The SMILES string of the molecule is c1ccc(CN2CCCC(CCc3cnc[nH]3)C2)cc1. The molecule has 0 spiro atoms. The van der Waals surface area contributed by atoms with Crippen molar-refractivity contribution in [2.24, 2.45) is 5.92 Å². The molecule has 1 N–H and O–H groups in total. The number of benzene rings is 1. The number of nitrogens with zero attached hydrogens (tertiary/aromatic N) is 2. The Morgan fingerprint density at radius 1 is 1.25 bits per heavy atom. The molecule has 1 aromatic heterocycles. The molecule has 1 aliphatic rings. The van der Waals surface area contributed by atoms with Crippen LogP contribution in [0.4, 0.5) is 0 Å². The standard InChI is InChI=1S/C17H23N3/c1-2-5-15(6-3-1)12-20-10-4-7-16(13-20)8-9-17-11-18-14-19-17/h1-3,5-6,11,14,16H,4,7-10,12-13H2,(H,18,19). The van der Waals surface area contributed by atoms with Gasteiger partial charge < -0.3 is 4.98 Å². The van der Waals surface area contributed by atoms with Gasteiger partial charge in [-0.2, -0.15) is 0 Å². The molecule has 0 aliphatic carbocycles. The van der Waals surface area contributed by atoms with Crippen LogP contribution in [0.5, 0.6) is 0 Å². The summed E-state index contributed by atoms with van der Waals surface area (Å²) in [6, 6.07) is 10.8. The lowest BCUT2D eigenvalue weighted by Crippen LogP contribution is -2.35. The van der Waals surface area contributed by atoms with Crippen molar-refractivity contribution in [3.05, 3.63) is 54.1 Å². The maximum atomic E-state index is 4.09. The average molecular weight is 269 g/mol. The second kappa shape index (κ2) is 6.71. The minimum atomic E-state index is 0.829. The zero-order valence-corrected chi connectivity index (χ0v) is 12.0. The number of rotatable bonds is 5. The highest BCUT2D eigenvalue weighted by molar-refractivity contribution is 5.14. The van der Waals surface area contributed by atoms with Gasteiger partial charge in [0.25, 0.3) is 0 Å². The first-order valence-electron chi connectivity index (χ1n) is 7.63. The van der Waals surface area contributed by atoms with E-state index in [0.29, 0.717) is 0 Å². The van der Waals surface area contributed by atoms with Crippen molar-refractivity contribution in [3.8, 4) is 0 Å². The van der Waals surface area contributed by atoms with Gasteiger partial charge in [0.1, 0.15) is 0 Å². The zero-order chi connectivity index (χ0) is 13.6. The van der Waals surface area contributed by atoms with E-state index >= 15 is 0 Å². The van der Waals surface area contributed by atoms with E-state index in [1.165, 1.54) is 43.6 Å². The fourth-order valence-corrected chi connectivity index (χ4v) is 3.15. The molecule has 1 saturated heterocycles. The Kier molecular flexibility index (Phi) is 4.49. The Labute approximate surface area is 121 Å². The number of imidazole rings is 1. The lowest BCUT2D eigenvalue weighted by Gasteiger charge is -2.32. The number of aryl methyl sites for hydroxylation is 1. The number of aromatic nitrogens is 2. The smallest absolute Gasteiger partial charge is 0.0921 e. The largest absolute Gasteiger partial charge is 0.348 e. The van der Waals surface area contributed by atoms with E-state index in [1.807, 2.05) is 6.20 Å². The Bertz CT molecular complexity index is 492. The molecule has 0 saturated carbocycles. The van der Waals surface area contributed by atoms with Gasteiger partial charge in [-0.1, -0.05) is 30.3 Å². The van der Waals surface area contributed by atoms with Gasteiger partial charge in [0.15, 0.2) is 0 Å². The van der Waals surface area contributed by atoms with E-state index < -0.39 is 0 Å². The van der Waals surface area contributed by atoms with Crippen LogP contribution >= 0.6 is 0 Å². The Morgan fingerprint density at radius 2 is 2.15 bits per heavy atom. The summed E-state index contributed by atoms with van der Waals surface area (Å²) in [5, 5.41) is 0. The van der Waals surface area contributed by atoms with Crippen LogP contribution in [0.1, 0.15) is 30.5 Å². The molecule has 0 amide bonds. The summed E-state index contributed by atoms with van der Waals surface area (Å²) >= 11 is 0. The summed E-state index contributed by atoms with van der Waals surface area (Å²) in [6.45, 7) is 3.58. The van der Waals surface area contributed by atoms with Crippen LogP contribution in [-0.4, -0.2) is 28.0 Å². The molecule has 3 nitrogen and oxygen atoms in total. The van der Waals surface area contributed by atoms with Crippen molar-refractivity contribution in [1.29, 1.82) is 0 Å². The van der Waals surface area contributed by atoms with Crippen molar-refractivity contribution in [2.75, 3.05) is 13.1 Å². The first kappa shape index (κ1) is 13.4. The van der Waals surface area contributed by atoms with Gasteiger partial charge in [0, 0.05) is 25.0 Å². The Balaban J connectivity index is 1.49. The molecule has 20 heavy (non-hydrogen) atoms. The highest BCUT2D eigenvalue weighted by Gasteiger charge is 2.19. The van der Waals surface area contributed by atoms with Gasteiger partial charge in [-0.3, -0.25) is 4.90 Å². The number of nitrogens with one attached hydrogen (secondary N) is 1. The van der Waals surface area contributed by atoms with Gasteiger partial charge in [-0.25, -0.2) is 4.98 Å². The van der Waals surface area contributed by atoms with Gasteiger partial charge in [-0.05, 0) is 43.7 Å². The molecular formula is C17H23N3. The van der Waals surface area contributed by atoms with Crippen LogP contribution in [0.2, 0.25) is 0 Å². The third kappa shape index (κ3) is 3.70. The van der Waals surface area contributed by atoms with Gasteiger partial charge in [0.05, 0.1) is 6.33 Å². The summed E-state index contributed by atoms with van der Waals surface area (Å²) in [5.74, 6) is 0.829. The van der Waals surface area contributed by atoms with Crippen LogP contribution in [0.15, 0.2) is 42.9 Å². The lowest BCUT2D eigenvalue weighted by molar-refractivity contribution is 0.161. The van der Waals surface area contributed by atoms with Crippen LogP contribution in [0.25, 0.3) is 0 Å². The van der Waals surface area contributed by atoms with Crippen molar-refractivity contribution in [1.82, 2.24) is 14.9 Å². The van der Waals surface area contributed by atoms with Gasteiger partial charge in [-0.15, -0.1) is 0 Å². The summed E-state index contributed by atoms with van der Waals surface area (Å²) in [6.07, 6.45) is 8.83. The molecule has 1 aliphatic heterocycles. The van der Waals surface area contributed by atoms with E-state index in [4.69, 9.17) is 0 Å². The fraction of sp³-hybridized carbons (Fsp3) is 0.471. The topological polar surface area (TPSA) is 31.9 Å². The predicted molar refractivity (Wildman–Crippen MR) is 81.4 cm³/mol. The lowest BCUT2D eigenvalue weighted by atomic mass is 9.92. The molecular weight excluding hydrogens is 246 g/mol. The highest BCUT2D eigenvalue weighted by Crippen LogP contribution is 2.22. The summed E-state index contributed by atoms with van der Waals surface area (Å²) < 4.78 is 0. The van der Waals surface area contributed by atoms with E-state index in [0.717, 1.165) is 18.9 Å². The Morgan fingerprint density at radius 3 is 2.95 bits per heavy atom. The zero-order valence-electron chi connectivity index (χ0n) is 12.0. The second-order valence-electron chi connectivity index (χ2n) is 5.84. The molecule has 1 aromatic carbocycles. The maximum Gasteiger partial charge on any atom is 0.0921 e. The molecule has 1 atom stereocenters. The molecule has 1 fully saturated rings. The third-order valence-electron chi connectivity index (χ3n) is 4.23. The van der Waals surface area contributed by atoms with Gasteiger partial charge in [0.2, 0.25) is 0 Å². The van der Waals surface area contributed by atoms with Crippen LogP contribution in [-0.2, 0) is 13.0 Å². The summed E-state index contributed by atoms with van der Waals surface area (Å²) in [7, 11) is 0. The average Bonchev–Trinajstić information content (AvgIpc) is 3.00. The first-order chi connectivity index (χ1) is 9.90. The fourth-order valence-electron chi connectivity index (χ4n) is 3.15. The minimum Gasteiger partial charge on any atom is -0.348 e. The number of likely N-dealkylation sites (tertiary alicyclic amines) is 1. The monoisotopic (exact) mass is 269 g/mol. The van der Waals surface area contributed by atoms with Gasteiger partial charge >= 0.3 is 0 Å². The van der Waals surface area contributed by atoms with E-state index in [9.17, 15) is 0 Å². The molecule has 1 unspecified atom stereocenters. The minimum absolute atomic E-state index is 0.829. The predicted octanol–water partition coefficient (Wildman–Crippen LogP) is 3.25. The molecule has 2 aromatic rings. The van der Waals surface area contributed by atoms with Crippen molar-refractivity contribution in [3.63, 3.8) is 0 Å². The summed E-state index contributed by atoms with van der Waals surface area (Å²) in [5.41, 5.74) is 2.70. The Hall–Kier alpha value is -1.61. The van der Waals surface area contributed by atoms with Crippen molar-refractivity contribution < 1.29 is 0 Å². The number of hydrogen-bond acceptors (Lipinski definition) is 2. The normalized spacial score (nSPS) is 20.1. The molecule has 0 bridgehead atoms. The quantitative estimate of drug-likeness (QED) is 0.903. The molecule has 3 rings (SSSR count). The van der Waals surface area contributed by atoms with Crippen LogP contribution in [0.3, 0.4) is 0 Å². The first-order valence-corrected chi connectivity index (χ1v) is 7.63. The second-order valence-corrected chi connectivity index (χ2v) is 5.84. The van der Waals surface area contributed by atoms with E-state index in [2.05, 4.69) is 45.2 Å². The van der Waals surface area contributed by atoms with E-state index in [1.54, 1.807) is 6.33 Å².